The first kappa shape index (κ1) is 15.7. The topological polar surface area (TPSA) is 55.5 Å². The number of nitrogen functional groups attached to an aromatic ring is 1. The molecule has 0 radical (unpaired) electrons. The average molecular weight is 303 g/mol. The van der Waals surface area contributed by atoms with Gasteiger partial charge in [-0.25, -0.2) is 0 Å². The maximum atomic E-state index is 10.0. The van der Waals surface area contributed by atoms with Gasteiger partial charge in [0.05, 0.1) is 11.8 Å². The van der Waals surface area contributed by atoms with Crippen LogP contribution in [0.1, 0.15) is 11.1 Å². The van der Waals surface area contributed by atoms with Gasteiger partial charge in [0, 0.05) is 10.6 Å². The van der Waals surface area contributed by atoms with E-state index in [4.69, 9.17) is 10.5 Å². The molecule has 3 nitrogen and oxygen atoms in total. The highest BCUT2D eigenvalue weighted by molar-refractivity contribution is 7.99. The van der Waals surface area contributed by atoms with E-state index in [0.29, 0.717) is 17.2 Å². The number of anilines is 1. The van der Waals surface area contributed by atoms with E-state index in [9.17, 15) is 5.11 Å². The predicted octanol–water partition coefficient (Wildman–Crippen LogP) is 3.42. The molecular weight excluding hydrogens is 282 g/mol. The van der Waals surface area contributed by atoms with Gasteiger partial charge >= 0.3 is 0 Å². The third-order valence-corrected chi connectivity index (χ3v) is 4.43. The maximum Gasteiger partial charge on any atom is 0.142 e. The Hall–Kier alpha value is -1.65. The molecule has 0 spiro atoms. The molecule has 4 heteroatoms. The Morgan fingerprint density at radius 3 is 2.67 bits per heavy atom. The minimum absolute atomic E-state index is 0.242. The van der Waals surface area contributed by atoms with Gasteiger partial charge in [-0.15, -0.1) is 11.8 Å². The highest BCUT2D eigenvalue weighted by atomic mass is 32.2. The molecule has 2 aromatic carbocycles. The molecule has 0 aliphatic heterocycles. The predicted molar refractivity (Wildman–Crippen MR) is 89.0 cm³/mol. The number of para-hydroxylation sites is 2. The highest BCUT2D eigenvalue weighted by Crippen LogP contribution is 2.24. The summed E-state index contributed by atoms with van der Waals surface area (Å²) in [6, 6.07) is 13.6. The summed E-state index contributed by atoms with van der Waals surface area (Å²) >= 11 is 1.64. The van der Waals surface area contributed by atoms with E-state index in [0.717, 1.165) is 0 Å². The molecule has 0 bridgehead atoms. The molecule has 21 heavy (non-hydrogen) atoms. The molecule has 3 N–H and O–H groups in total. The van der Waals surface area contributed by atoms with E-state index in [1.165, 1.54) is 16.0 Å². The zero-order valence-corrected chi connectivity index (χ0v) is 13.2. The van der Waals surface area contributed by atoms with Crippen molar-refractivity contribution >= 4 is 17.4 Å². The summed E-state index contributed by atoms with van der Waals surface area (Å²) in [6.45, 7) is 4.41. The minimum Gasteiger partial charge on any atom is -0.489 e. The van der Waals surface area contributed by atoms with Crippen molar-refractivity contribution in [3.8, 4) is 5.75 Å². The average Bonchev–Trinajstić information content (AvgIpc) is 2.45. The van der Waals surface area contributed by atoms with Crippen LogP contribution in [0, 0.1) is 13.8 Å². The number of nitrogens with two attached hydrogens (primary N) is 1. The number of aryl methyl sites for hydroxylation is 2. The lowest BCUT2D eigenvalue weighted by molar-refractivity contribution is 0.127. The molecule has 0 aromatic heterocycles. The van der Waals surface area contributed by atoms with E-state index < -0.39 is 6.10 Å². The van der Waals surface area contributed by atoms with E-state index in [1.807, 2.05) is 12.1 Å². The summed E-state index contributed by atoms with van der Waals surface area (Å²) in [7, 11) is 0. The van der Waals surface area contributed by atoms with Crippen molar-refractivity contribution in [3.63, 3.8) is 0 Å². The highest BCUT2D eigenvalue weighted by Gasteiger charge is 2.09. The Labute approximate surface area is 130 Å². The van der Waals surface area contributed by atoms with E-state index >= 15 is 0 Å². The van der Waals surface area contributed by atoms with Crippen LogP contribution in [0.25, 0.3) is 0 Å². The number of rotatable bonds is 6. The van der Waals surface area contributed by atoms with Crippen LogP contribution in [-0.4, -0.2) is 23.6 Å². The number of aliphatic hydroxyl groups excluding tert-OH is 1. The summed E-state index contributed by atoms with van der Waals surface area (Å²) in [4.78, 5) is 1.19. The molecule has 0 saturated carbocycles. The van der Waals surface area contributed by atoms with Crippen LogP contribution in [0.15, 0.2) is 47.4 Å². The molecule has 2 rings (SSSR count). The van der Waals surface area contributed by atoms with Crippen LogP contribution in [0.4, 0.5) is 5.69 Å². The number of hydrogen-bond donors (Lipinski definition) is 2. The largest absolute Gasteiger partial charge is 0.489 e. The number of aliphatic hydroxyl groups is 1. The Kier molecular flexibility index (Phi) is 5.53. The monoisotopic (exact) mass is 303 g/mol. The first-order valence-electron chi connectivity index (χ1n) is 6.91. The fourth-order valence-corrected chi connectivity index (χ4v) is 2.91. The molecule has 0 aliphatic carbocycles. The van der Waals surface area contributed by atoms with E-state index in [1.54, 1.807) is 23.9 Å². The second kappa shape index (κ2) is 7.38. The molecule has 0 fully saturated rings. The van der Waals surface area contributed by atoms with Gasteiger partial charge in [0.1, 0.15) is 12.4 Å². The van der Waals surface area contributed by atoms with Crippen molar-refractivity contribution in [2.45, 2.75) is 24.8 Å². The van der Waals surface area contributed by atoms with E-state index in [-0.39, 0.29) is 6.61 Å². The van der Waals surface area contributed by atoms with Gasteiger partial charge in [-0.2, -0.15) is 0 Å². The van der Waals surface area contributed by atoms with Crippen molar-refractivity contribution in [1.29, 1.82) is 0 Å². The second-order valence-corrected chi connectivity index (χ2v) is 6.14. The zero-order chi connectivity index (χ0) is 15.2. The quantitative estimate of drug-likeness (QED) is 0.634. The van der Waals surface area contributed by atoms with Gasteiger partial charge in [0.2, 0.25) is 0 Å². The van der Waals surface area contributed by atoms with Gasteiger partial charge in [-0.05, 0) is 37.6 Å². The number of thioether (sulfide) groups is 1. The molecule has 1 unspecified atom stereocenters. The molecule has 0 heterocycles. The first-order valence-corrected chi connectivity index (χ1v) is 7.90. The number of ether oxygens (including phenoxy) is 1. The molecule has 0 saturated heterocycles. The third kappa shape index (κ3) is 4.69. The van der Waals surface area contributed by atoms with Crippen LogP contribution in [-0.2, 0) is 0 Å². The fourth-order valence-electron chi connectivity index (χ4n) is 1.99. The Morgan fingerprint density at radius 1 is 1.19 bits per heavy atom. The zero-order valence-electron chi connectivity index (χ0n) is 12.4. The van der Waals surface area contributed by atoms with Crippen molar-refractivity contribution in [1.82, 2.24) is 0 Å². The summed E-state index contributed by atoms with van der Waals surface area (Å²) in [5.74, 6) is 1.21. The second-order valence-electron chi connectivity index (χ2n) is 5.08. The molecule has 1 atom stereocenters. The van der Waals surface area contributed by atoms with Crippen LogP contribution >= 0.6 is 11.8 Å². The van der Waals surface area contributed by atoms with Crippen LogP contribution in [0.2, 0.25) is 0 Å². The van der Waals surface area contributed by atoms with Gasteiger partial charge in [-0.1, -0.05) is 29.8 Å². The standard InChI is InChI=1S/C17H21NO2S/c1-12-7-8-17(13(2)9-12)21-11-14(19)10-20-16-6-4-3-5-15(16)18/h3-9,14,19H,10-11,18H2,1-2H3. The van der Waals surface area contributed by atoms with Gasteiger partial charge in [-0.3, -0.25) is 0 Å². The number of hydrogen-bond acceptors (Lipinski definition) is 4. The first-order chi connectivity index (χ1) is 10.1. The van der Waals surface area contributed by atoms with Crippen LogP contribution in [0.3, 0.4) is 0 Å². The van der Waals surface area contributed by atoms with Gasteiger partial charge in [0.25, 0.3) is 0 Å². The molecule has 0 amide bonds. The lowest BCUT2D eigenvalue weighted by atomic mass is 10.2. The van der Waals surface area contributed by atoms with Crippen molar-refractivity contribution < 1.29 is 9.84 Å². The van der Waals surface area contributed by atoms with E-state index in [2.05, 4.69) is 32.0 Å². The molecule has 112 valence electrons. The summed E-state index contributed by atoms with van der Waals surface area (Å²) in [5, 5.41) is 10.0. The Balaban J connectivity index is 1.82. The van der Waals surface area contributed by atoms with Crippen LogP contribution < -0.4 is 10.5 Å². The summed E-state index contributed by atoms with van der Waals surface area (Å²) < 4.78 is 5.55. The van der Waals surface area contributed by atoms with Gasteiger partial charge in [0.15, 0.2) is 0 Å². The molecular formula is C17H21NO2S. The maximum absolute atomic E-state index is 10.0. The number of benzene rings is 2. The van der Waals surface area contributed by atoms with Crippen molar-refractivity contribution in [2.24, 2.45) is 0 Å². The Bertz CT molecular complexity index is 601. The normalized spacial score (nSPS) is 12.1. The molecule has 2 aromatic rings. The molecule has 0 aliphatic rings. The van der Waals surface area contributed by atoms with Crippen molar-refractivity contribution in [2.75, 3.05) is 18.1 Å². The van der Waals surface area contributed by atoms with Crippen LogP contribution in [0.5, 0.6) is 5.75 Å². The van der Waals surface area contributed by atoms with Crippen molar-refractivity contribution in [3.05, 3.63) is 53.6 Å². The smallest absolute Gasteiger partial charge is 0.142 e. The third-order valence-electron chi connectivity index (χ3n) is 3.11. The summed E-state index contributed by atoms with van der Waals surface area (Å²) in [6.07, 6.45) is -0.532. The van der Waals surface area contributed by atoms with Gasteiger partial charge < -0.3 is 15.6 Å². The lowest BCUT2D eigenvalue weighted by Gasteiger charge is -2.14. The SMILES string of the molecule is Cc1ccc(SCC(O)COc2ccccc2N)c(C)c1. The Morgan fingerprint density at radius 2 is 1.95 bits per heavy atom. The summed E-state index contributed by atoms with van der Waals surface area (Å²) in [5.41, 5.74) is 8.87. The minimum atomic E-state index is -0.532. The lowest BCUT2D eigenvalue weighted by Crippen LogP contribution is -2.20. The fraction of sp³-hybridized carbons (Fsp3) is 0.294.